The lowest BCUT2D eigenvalue weighted by Crippen LogP contribution is -2.45. The normalized spacial score (nSPS) is 17.6. The molecule has 0 spiro atoms. The lowest BCUT2D eigenvalue weighted by atomic mass is 9.96. The number of hydrogen-bond acceptors (Lipinski definition) is 5. The van der Waals surface area contributed by atoms with Crippen molar-refractivity contribution in [1.29, 1.82) is 0 Å². The van der Waals surface area contributed by atoms with Gasteiger partial charge in [0.2, 0.25) is 0 Å². The minimum Gasteiger partial charge on any atom is -0.379 e. The van der Waals surface area contributed by atoms with Crippen molar-refractivity contribution in [3.05, 3.63) is 40.3 Å². The number of aromatic nitrogens is 2. The van der Waals surface area contributed by atoms with E-state index in [2.05, 4.69) is 24.3 Å². The quantitative estimate of drug-likeness (QED) is 0.783. The van der Waals surface area contributed by atoms with Crippen molar-refractivity contribution in [3.8, 4) is 0 Å². The molecular weight excluding hydrogens is 360 g/mol. The number of amides is 2. The fourth-order valence-corrected chi connectivity index (χ4v) is 3.31. The first kappa shape index (κ1) is 20.0. The highest BCUT2D eigenvalue weighted by molar-refractivity contribution is 6.35. The molecule has 0 bridgehead atoms. The highest BCUT2D eigenvalue weighted by Crippen LogP contribution is 2.16. The average Bonchev–Trinajstić information content (AvgIpc) is 2.95. The van der Waals surface area contributed by atoms with Gasteiger partial charge in [0.15, 0.2) is 0 Å². The molecular formula is C20H26N4O4. The molecule has 1 N–H and O–H groups in total. The standard InChI is InChI=1S/C20H26N4O4/c1-13(2)14-11-24(8-9-28-12-14)20(27)18(25)21-10-17-15-6-4-5-7-16(15)19(26)23(3)22-17/h4-7,13-14H,8-12H2,1-3H3,(H,21,25). The van der Waals surface area contributed by atoms with Crippen LogP contribution in [0, 0.1) is 11.8 Å². The number of fused-ring (bicyclic) bond motifs is 1. The van der Waals surface area contributed by atoms with E-state index in [1.165, 1.54) is 4.68 Å². The van der Waals surface area contributed by atoms with Gasteiger partial charge >= 0.3 is 11.8 Å². The second-order valence-electron chi connectivity index (χ2n) is 7.43. The molecule has 1 aromatic carbocycles. The SMILES string of the molecule is CC(C)C1COCCN(C(=O)C(=O)NCc2nn(C)c(=O)c3ccccc23)C1. The summed E-state index contributed by atoms with van der Waals surface area (Å²) >= 11 is 0. The smallest absolute Gasteiger partial charge is 0.311 e. The summed E-state index contributed by atoms with van der Waals surface area (Å²) in [6, 6.07) is 7.09. The number of nitrogens with one attached hydrogen (secondary N) is 1. The van der Waals surface area contributed by atoms with E-state index >= 15 is 0 Å². The molecule has 1 atom stereocenters. The van der Waals surface area contributed by atoms with Crippen molar-refractivity contribution in [2.24, 2.45) is 18.9 Å². The maximum atomic E-state index is 12.6. The van der Waals surface area contributed by atoms with Crippen LogP contribution in [-0.2, 0) is 27.9 Å². The summed E-state index contributed by atoms with van der Waals surface area (Å²) in [4.78, 5) is 38.8. The van der Waals surface area contributed by atoms with E-state index in [-0.39, 0.29) is 18.0 Å². The van der Waals surface area contributed by atoms with Crippen LogP contribution in [0.3, 0.4) is 0 Å². The Morgan fingerprint density at radius 1 is 1.29 bits per heavy atom. The minimum atomic E-state index is -0.677. The molecule has 0 saturated carbocycles. The molecule has 2 aromatic rings. The fourth-order valence-electron chi connectivity index (χ4n) is 3.31. The van der Waals surface area contributed by atoms with Crippen molar-refractivity contribution in [1.82, 2.24) is 20.0 Å². The largest absolute Gasteiger partial charge is 0.379 e. The number of carbonyl (C=O) groups excluding carboxylic acids is 2. The van der Waals surface area contributed by atoms with E-state index in [0.717, 1.165) is 0 Å². The lowest BCUT2D eigenvalue weighted by Gasteiger charge is -2.25. The highest BCUT2D eigenvalue weighted by atomic mass is 16.5. The summed E-state index contributed by atoms with van der Waals surface area (Å²) in [6.07, 6.45) is 0. The number of hydrogen-bond donors (Lipinski definition) is 1. The summed E-state index contributed by atoms with van der Waals surface area (Å²) in [5.74, 6) is -0.680. The molecule has 3 rings (SSSR count). The van der Waals surface area contributed by atoms with Gasteiger partial charge in [0.25, 0.3) is 5.56 Å². The number of benzene rings is 1. The van der Waals surface area contributed by atoms with E-state index in [0.29, 0.717) is 48.7 Å². The molecule has 150 valence electrons. The predicted octanol–water partition coefficient (Wildman–Crippen LogP) is 0.681. The van der Waals surface area contributed by atoms with Gasteiger partial charge in [-0.25, -0.2) is 4.68 Å². The molecule has 1 aliphatic rings. The van der Waals surface area contributed by atoms with Gasteiger partial charge in [-0.3, -0.25) is 14.4 Å². The number of ether oxygens (including phenoxy) is 1. The van der Waals surface area contributed by atoms with Crippen LogP contribution in [0.25, 0.3) is 10.8 Å². The highest BCUT2D eigenvalue weighted by Gasteiger charge is 2.28. The molecule has 28 heavy (non-hydrogen) atoms. The maximum absolute atomic E-state index is 12.6. The lowest BCUT2D eigenvalue weighted by molar-refractivity contribution is -0.146. The van der Waals surface area contributed by atoms with E-state index in [1.54, 1.807) is 30.1 Å². The van der Waals surface area contributed by atoms with Crippen LogP contribution in [0.4, 0.5) is 0 Å². The van der Waals surface area contributed by atoms with Crippen LogP contribution in [-0.4, -0.2) is 52.8 Å². The van der Waals surface area contributed by atoms with E-state index in [4.69, 9.17) is 4.74 Å². The number of rotatable bonds is 3. The number of aryl methyl sites for hydroxylation is 1. The number of carbonyl (C=O) groups is 2. The van der Waals surface area contributed by atoms with Crippen LogP contribution < -0.4 is 10.9 Å². The Morgan fingerprint density at radius 2 is 2.00 bits per heavy atom. The Labute approximate surface area is 163 Å². The Hall–Kier alpha value is -2.74. The summed E-state index contributed by atoms with van der Waals surface area (Å²) in [6.45, 7) is 6.15. The molecule has 8 heteroatoms. The second kappa shape index (κ2) is 8.52. The van der Waals surface area contributed by atoms with Gasteiger partial charge < -0.3 is 15.0 Å². The van der Waals surface area contributed by atoms with Crippen molar-refractivity contribution < 1.29 is 14.3 Å². The summed E-state index contributed by atoms with van der Waals surface area (Å²) in [7, 11) is 1.56. The maximum Gasteiger partial charge on any atom is 0.311 e. The molecule has 1 aliphatic heterocycles. The topological polar surface area (TPSA) is 93.5 Å². The zero-order valence-electron chi connectivity index (χ0n) is 16.5. The van der Waals surface area contributed by atoms with Crippen molar-refractivity contribution in [3.63, 3.8) is 0 Å². The molecule has 2 heterocycles. The van der Waals surface area contributed by atoms with Gasteiger partial charge in [-0.15, -0.1) is 0 Å². The van der Waals surface area contributed by atoms with Gasteiger partial charge in [-0.2, -0.15) is 5.10 Å². The molecule has 1 fully saturated rings. The van der Waals surface area contributed by atoms with Gasteiger partial charge in [0.05, 0.1) is 30.8 Å². The monoisotopic (exact) mass is 386 g/mol. The van der Waals surface area contributed by atoms with Gasteiger partial charge in [0, 0.05) is 31.4 Å². The van der Waals surface area contributed by atoms with Crippen LogP contribution in [0.15, 0.2) is 29.1 Å². The van der Waals surface area contributed by atoms with Gasteiger partial charge in [-0.05, 0) is 12.0 Å². The Balaban J connectivity index is 1.72. The Bertz CT molecular complexity index is 937. The minimum absolute atomic E-state index is 0.0666. The molecule has 8 nitrogen and oxygen atoms in total. The Morgan fingerprint density at radius 3 is 2.71 bits per heavy atom. The Kier molecular flexibility index (Phi) is 6.08. The predicted molar refractivity (Wildman–Crippen MR) is 105 cm³/mol. The van der Waals surface area contributed by atoms with E-state index in [9.17, 15) is 14.4 Å². The van der Waals surface area contributed by atoms with Crippen LogP contribution in [0.1, 0.15) is 19.5 Å². The summed E-state index contributed by atoms with van der Waals surface area (Å²) in [5.41, 5.74) is 0.337. The third kappa shape index (κ3) is 4.22. The van der Waals surface area contributed by atoms with Gasteiger partial charge in [-0.1, -0.05) is 32.0 Å². The zero-order chi connectivity index (χ0) is 20.3. The van der Waals surface area contributed by atoms with E-state index in [1.807, 2.05) is 6.07 Å². The second-order valence-corrected chi connectivity index (χ2v) is 7.43. The fraction of sp³-hybridized carbons (Fsp3) is 0.500. The third-order valence-corrected chi connectivity index (χ3v) is 5.17. The van der Waals surface area contributed by atoms with Crippen LogP contribution >= 0.6 is 0 Å². The van der Waals surface area contributed by atoms with Crippen molar-refractivity contribution >= 4 is 22.6 Å². The first-order chi connectivity index (χ1) is 13.4. The summed E-state index contributed by atoms with van der Waals surface area (Å²) < 4.78 is 6.80. The molecule has 2 amide bonds. The van der Waals surface area contributed by atoms with Crippen molar-refractivity contribution in [2.45, 2.75) is 20.4 Å². The van der Waals surface area contributed by atoms with Crippen LogP contribution in [0.5, 0.6) is 0 Å². The molecule has 0 radical (unpaired) electrons. The molecule has 1 saturated heterocycles. The average molecular weight is 386 g/mol. The third-order valence-electron chi connectivity index (χ3n) is 5.17. The van der Waals surface area contributed by atoms with E-state index < -0.39 is 11.8 Å². The number of nitrogens with zero attached hydrogens (tertiary/aromatic N) is 3. The first-order valence-electron chi connectivity index (χ1n) is 9.48. The molecule has 1 aromatic heterocycles. The van der Waals surface area contributed by atoms with Gasteiger partial charge in [0.1, 0.15) is 0 Å². The summed E-state index contributed by atoms with van der Waals surface area (Å²) in [5, 5.41) is 8.09. The first-order valence-corrected chi connectivity index (χ1v) is 9.48. The molecule has 0 aliphatic carbocycles. The van der Waals surface area contributed by atoms with Crippen molar-refractivity contribution in [2.75, 3.05) is 26.3 Å². The van der Waals surface area contributed by atoms with Crippen LogP contribution in [0.2, 0.25) is 0 Å². The zero-order valence-corrected chi connectivity index (χ0v) is 16.5. The molecule has 1 unspecified atom stereocenters.